The number of para-hydroxylation sites is 1. The highest BCUT2D eigenvalue weighted by Gasteiger charge is 2.10. The molecule has 3 nitrogen and oxygen atoms in total. The number of anilines is 1. The summed E-state index contributed by atoms with van der Waals surface area (Å²) in [6, 6.07) is 37.6. The summed E-state index contributed by atoms with van der Waals surface area (Å²) in [6.45, 7) is 5.75. The first kappa shape index (κ1) is 33.5. The lowest BCUT2D eigenvalue weighted by Crippen LogP contribution is -2.20. The quantitative estimate of drug-likeness (QED) is 0.0515. The molecule has 0 saturated carbocycles. The summed E-state index contributed by atoms with van der Waals surface area (Å²) in [5.74, 6) is 12.0. The van der Waals surface area contributed by atoms with E-state index >= 15 is 0 Å². The lowest BCUT2D eigenvalue weighted by Gasteiger charge is -2.15. The smallest absolute Gasteiger partial charge is 0.0523 e. The van der Waals surface area contributed by atoms with Gasteiger partial charge in [-0.05, 0) is 53.7 Å². The molecule has 0 radical (unpaired) electrons. The van der Waals surface area contributed by atoms with Crippen LogP contribution in [-0.4, -0.2) is 7.05 Å². The molecular weight excluding hydrogens is 534 g/mol. The van der Waals surface area contributed by atoms with Gasteiger partial charge in [0, 0.05) is 30.6 Å². The molecule has 3 heteroatoms. The van der Waals surface area contributed by atoms with Gasteiger partial charge < -0.3 is 10.7 Å². The second-order valence-corrected chi connectivity index (χ2v) is 10.1. The number of rotatable bonds is 12. The molecule has 44 heavy (non-hydrogen) atoms. The number of allylic oxidation sites excluding steroid dienone is 5. The van der Waals surface area contributed by atoms with Crippen molar-refractivity contribution in [3.8, 4) is 23.0 Å². The Hall–Kier alpha value is -5.04. The summed E-state index contributed by atoms with van der Waals surface area (Å²) in [7, 11) is 1.96. The molecule has 0 amide bonds. The Morgan fingerprint density at radius 1 is 0.818 bits per heavy atom. The third-order valence-electron chi connectivity index (χ3n) is 7.01. The van der Waals surface area contributed by atoms with Crippen LogP contribution in [-0.2, 0) is 0 Å². The molecule has 1 unspecified atom stereocenters. The predicted molar refractivity (Wildman–Crippen MR) is 193 cm³/mol. The van der Waals surface area contributed by atoms with E-state index in [9.17, 15) is 0 Å². The number of hydrogen-bond donors (Lipinski definition) is 3. The Balaban J connectivity index is 0.000000257. The van der Waals surface area contributed by atoms with Crippen LogP contribution in [0.1, 0.15) is 55.2 Å². The molecule has 0 heterocycles. The molecule has 4 rings (SSSR count). The van der Waals surface area contributed by atoms with Gasteiger partial charge in [-0.15, -0.1) is 0 Å². The highest BCUT2D eigenvalue weighted by molar-refractivity contribution is 5.83. The molecule has 0 fully saturated rings. The highest BCUT2D eigenvalue weighted by atomic mass is 15.2. The van der Waals surface area contributed by atoms with Crippen molar-refractivity contribution in [3.05, 3.63) is 163 Å². The molecule has 0 aliphatic carbocycles. The maximum Gasteiger partial charge on any atom is 0.0523 e. The van der Waals surface area contributed by atoms with E-state index in [1.54, 1.807) is 6.08 Å². The maximum absolute atomic E-state index is 5.79. The first-order chi connectivity index (χ1) is 21.7. The number of unbranched alkanes of at least 4 members (excludes halogenated alkanes) is 1. The fourth-order valence-corrected chi connectivity index (χ4v) is 4.78. The van der Waals surface area contributed by atoms with Crippen molar-refractivity contribution in [2.75, 3.05) is 12.4 Å². The van der Waals surface area contributed by atoms with Crippen LogP contribution in [0.2, 0.25) is 0 Å². The zero-order chi connectivity index (χ0) is 31.2. The summed E-state index contributed by atoms with van der Waals surface area (Å²) in [6.07, 6.45) is 16.4. The van der Waals surface area contributed by atoms with E-state index in [1.807, 2.05) is 31.3 Å². The van der Waals surface area contributed by atoms with Crippen LogP contribution in [0.4, 0.5) is 5.69 Å². The van der Waals surface area contributed by atoms with Crippen LogP contribution in [0.25, 0.3) is 22.9 Å². The van der Waals surface area contributed by atoms with Crippen LogP contribution >= 0.6 is 0 Å². The third kappa shape index (κ3) is 11.0. The number of benzene rings is 4. The molecule has 0 spiro atoms. The molecule has 4 aromatic carbocycles. The Bertz CT molecular complexity index is 1550. The summed E-state index contributed by atoms with van der Waals surface area (Å²) >= 11 is 0. The molecule has 0 bridgehead atoms. The van der Waals surface area contributed by atoms with Gasteiger partial charge in [0.05, 0.1) is 5.70 Å². The van der Waals surface area contributed by atoms with Gasteiger partial charge in [0.2, 0.25) is 0 Å². The van der Waals surface area contributed by atoms with Crippen molar-refractivity contribution in [1.29, 1.82) is 0 Å². The van der Waals surface area contributed by atoms with Crippen molar-refractivity contribution in [2.45, 2.75) is 38.5 Å². The first-order valence-corrected chi connectivity index (χ1v) is 15.3. The Labute approximate surface area is 264 Å². The fraction of sp³-hybridized carbons (Fsp3) is 0.171. The van der Waals surface area contributed by atoms with E-state index in [4.69, 9.17) is 5.84 Å². The van der Waals surface area contributed by atoms with Crippen molar-refractivity contribution >= 4 is 17.5 Å². The number of hydrogen-bond acceptors (Lipinski definition) is 3. The van der Waals surface area contributed by atoms with Gasteiger partial charge in [0.25, 0.3) is 0 Å². The summed E-state index contributed by atoms with van der Waals surface area (Å²) < 4.78 is 0. The van der Waals surface area contributed by atoms with Crippen LogP contribution in [0.15, 0.2) is 146 Å². The highest BCUT2D eigenvalue weighted by Crippen LogP contribution is 2.31. The number of nitrogens with two attached hydrogens (primary N) is 1. The number of hydrazine groups is 1. The molecule has 0 aromatic heterocycles. The molecule has 4 N–H and O–H groups in total. The minimum Gasteiger partial charge on any atom is -0.388 e. The standard InChI is InChI=1S/C24H26N2.C17H19N/c1-2-3-4-5-6-7-10-19-23(21-15-11-8-12-16-21)20-24(26-25)22-17-13-9-14-18-22;1-3-4-9-14-10-5-6-11-15(14)16-12-7-8-13-17(16)18-2/h2,7-18,20,23,26H,1,5-6,19,25H2;4-13,18H,3H2,1-2H3/b10-7-,24-20-;9-4-. The minimum atomic E-state index is 0.248. The van der Waals surface area contributed by atoms with Crippen LogP contribution in [0.5, 0.6) is 0 Å². The lowest BCUT2D eigenvalue weighted by atomic mass is 9.93. The van der Waals surface area contributed by atoms with Crippen LogP contribution in [0.3, 0.4) is 0 Å². The summed E-state index contributed by atoms with van der Waals surface area (Å²) in [4.78, 5) is 0. The van der Waals surface area contributed by atoms with E-state index in [0.717, 1.165) is 42.6 Å². The van der Waals surface area contributed by atoms with Crippen molar-refractivity contribution in [2.24, 2.45) is 5.84 Å². The van der Waals surface area contributed by atoms with Gasteiger partial charge in [0.15, 0.2) is 0 Å². The van der Waals surface area contributed by atoms with Gasteiger partial charge in [-0.1, -0.05) is 159 Å². The SMILES string of the molecule is C=CC#CCC/C=C\CC(/C=C(\NN)c1ccccc1)c1ccccc1.CC/C=C\c1ccccc1-c1ccccc1NC. The Kier molecular flexibility index (Phi) is 15.2. The molecule has 224 valence electrons. The second-order valence-electron chi connectivity index (χ2n) is 10.1. The monoisotopic (exact) mass is 579 g/mol. The second kappa shape index (κ2) is 20.0. The van der Waals surface area contributed by atoms with Crippen LogP contribution in [0, 0.1) is 11.8 Å². The Morgan fingerprint density at radius 2 is 1.48 bits per heavy atom. The van der Waals surface area contributed by atoms with Crippen LogP contribution < -0.4 is 16.6 Å². The van der Waals surface area contributed by atoms with Crippen molar-refractivity contribution < 1.29 is 0 Å². The van der Waals surface area contributed by atoms with Crippen molar-refractivity contribution in [1.82, 2.24) is 5.43 Å². The normalized spacial score (nSPS) is 11.7. The van der Waals surface area contributed by atoms with Gasteiger partial charge in [-0.2, -0.15) is 0 Å². The largest absolute Gasteiger partial charge is 0.388 e. The number of nitrogens with one attached hydrogen (secondary N) is 2. The van der Waals surface area contributed by atoms with Crippen molar-refractivity contribution in [3.63, 3.8) is 0 Å². The predicted octanol–water partition coefficient (Wildman–Crippen LogP) is 10.0. The molecule has 0 aliphatic heterocycles. The van der Waals surface area contributed by atoms with E-state index in [-0.39, 0.29) is 5.92 Å². The van der Waals surface area contributed by atoms with Gasteiger partial charge in [-0.25, -0.2) is 0 Å². The van der Waals surface area contributed by atoms with Gasteiger partial charge >= 0.3 is 0 Å². The van der Waals surface area contributed by atoms with E-state index in [1.165, 1.54) is 22.3 Å². The summed E-state index contributed by atoms with van der Waals surface area (Å²) in [5, 5.41) is 3.25. The lowest BCUT2D eigenvalue weighted by molar-refractivity contribution is 0.847. The zero-order valence-electron chi connectivity index (χ0n) is 26.0. The van der Waals surface area contributed by atoms with E-state index in [0.29, 0.717) is 0 Å². The zero-order valence-corrected chi connectivity index (χ0v) is 26.0. The first-order valence-electron chi connectivity index (χ1n) is 15.3. The molecular formula is C41H45N3. The molecule has 1 atom stereocenters. The van der Waals surface area contributed by atoms with Gasteiger partial charge in [-0.3, -0.25) is 5.84 Å². The van der Waals surface area contributed by atoms with E-state index in [2.05, 4.69) is 151 Å². The average Bonchev–Trinajstić information content (AvgIpc) is 3.09. The molecule has 4 aromatic rings. The summed E-state index contributed by atoms with van der Waals surface area (Å²) in [5.41, 5.74) is 11.1. The Morgan fingerprint density at radius 3 is 2.16 bits per heavy atom. The topological polar surface area (TPSA) is 50.1 Å². The molecule has 0 aliphatic rings. The fourth-order valence-electron chi connectivity index (χ4n) is 4.78. The maximum atomic E-state index is 5.79. The minimum absolute atomic E-state index is 0.248. The molecule has 0 saturated heterocycles. The third-order valence-corrected chi connectivity index (χ3v) is 7.01. The van der Waals surface area contributed by atoms with Gasteiger partial charge in [0.1, 0.15) is 0 Å². The average molecular weight is 580 g/mol. The van der Waals surface area contributed by atoms with E-state index < -0.39 is 0 Å².